The summed E-state index contributed by atoms with van der Waals surface area (Å²) in [5, 5.41) is 22.8. The molecular formula is C26H23N5O3S. The fourth-order valence-electron chi connectivity index (χ4n) is 3.66. The average molecular weight is 486 g/mol. The average Bonchev–Trinajstić information content (AvgIpc) is 3.33. The van der Waals surface area contributed by atoms with Crippen LogP contribution in [-0.2, 0) is 11.3 Å². The Morgan fingerprint density at radius 2 is 1.83 bits per heavy atom. The van der Waals surface area contributed by atoms with Crippen LogP contribution in [0.15, 0.2) is 47.5 Å². The van der Waals surface area contributed by atoms with Gasteiger partial charge in [0, 0.05) is 12.1 Å². The van der Waals surface area contributed by atoms with Gasteiger partial charge in [0.2, 0.25) is 12.7 Å². The molecule has 9 heteroatoms. The van der Waals surface area contributed by atoms with Gasteiger partial charge in [-0.2, -0.15) is 10.5 Å². The molecule has 176 valence electrons. The molecule has 0 bridgehead atoms. The number of ether oxygens (including phenoxy) is 2. The number of nitriles is 2. The highest BCUT2D eigenvalue weighted by molar-refractivity contribution is 8.00. The van der Waals surface area contributed by atoms with Crippen molar-refractivity contribution >= 4 is 23.5 Å². The number of thioether (sulfide) groups is 1. The first kappa shape index (κ1) is 23.9. The maximum absolute atomic E-state index is 12.5. The first-order valence-electron chi connectivity index (χ1n) is 10.9. The summed E-state index contributed by atoms with van der Waals surface area (Å²) < 4.78 is 10.7. The number of nitrogen functional groups attached to an aromatic ring is 1. The van der Waals surface area contributed by atoms with Crippen molar-refractivity contribution in [3.05, 3.63) is 64.7 Å². The van der Waals surface area contributed by atoms with Gasteiger partial charge in [0.25, 0.3) is 0 Å². The Hall–Kier alpha value is -4.21. The van der Waals surface area contributed by atoms with Crippen LogP contribution < -0.4 is 20.5 Å². The van der Waals surface area contributed by atoms with E-state index >= 15 is 0 Å². The highest BCUT2D eigenvalue weighted by Gasteiger charge is 2.21. The van der Waals surface area contributed by atoms with Crippen LogP contribution in [0.3, 0.4) is 0 Å². The second-order valence-corrected chi connectivity index (χ2v) is 9.14. The number of anilines is 1. The Bertz CT molecular complexity index is 1360. The number of pyridine rings is 1. The number of carbonyl (C=O) groups is 1. The van der Waals surface area contributed by atoms with Crippen molar-refractivity contribution in [1.82, 2.24) is 10.3 Å². The van der Waals surface area contributed by atoms with E-state index in [0.29, 0.717) is 40.1 Å². The first-order valence-corrected chi connectivity index (χ1v) is 11.9. The molecule has 0 saturated carbocycles. The number of nitrogens with zero attached hydrogens (tertiary/aromatic N) is 3. The van der Waals surface area contributed by atoms with Crippen molar-refractivity contribution in [2.45, 2.75) is 31.3 Å². The number of benzene rings is 2. The molecule has 0 spiro atoms. The summed E-state index contributed by atoms with van der Waals surface area (Å²) in [5.74, 6) is 1.50. The van der Waals surface area contributed by atoms with Crippen molar-refractivity contribution in [2.75, 3.05) is 18.3 Å². The van der Waals surface area contributed by atoms with E-state index in [0.717, 1.165) is 22.9 Å². The van der Waals surface area contributed by atoms with E-state index in [9.17, 15) is 15.3 Å². The summed E-state index contributed by atoms with van der Waals surface area (Å²) in [5.41, 5.74) is 9.60. The van der Waals surface area contributed by atoms with Gasteiger partial charge in [-0.05, 0) is 34.7 Å². The normalized spacial score (nSPS) is 11.7. The third-order valence-corrected chi connectivity index (χ3v) is 6.52. The van der Waals surface area contributed by atoms with Gasteiger partial charge in [-0.3, -0.25) is 4.79 Å². The molecule has 3 N–H and O–H groups in total. The van der Waals surface area contributed by atoms with E-state index in [1.54, 1.807) is 6.07 Å². The van der Waals surface area contributed by atoms with Crippen LogP contribution in [-0.4, -0.2) is 23.4 Å². The third kappa shape index (κ3) is 5.16. The lowest BCUT2D eigenvalue weighted by Gasteiger charge is -2.14. The number of hydrogen-bond acceptors (Lipinski definition) is 8. The summed E-state index contributed by atoms with van der Waals surface area (Å²) >= 11 is 1.11. The third-order valence-electron chi connectivity index (χ3n) is 5.55. The Balaban J connectivity index is 1.52. The van der Waals surface area contributed by atoms with Crippen LogP contribution in [0.5, 0.6) is 11.5 Å². The molecule has 1 aliphatic rings. The van der Waals surface area contributed by atoms with Gasteiger partial charge in [-0.25, -0.2) is 4.98 Å². The topological polar surface area (TPSA) is 134 Å². The van der Waals surface area contributed by atoms with E-state index in [4.69, 9.17) is 15.2 Å². The molecule has 1 aliphatic heterocycles. The lowest BCUT2D eigenvalue weighted by atomic mass is 9.94. The second kappa shape index (κ2) is 10.4. The van der Waals surface area contributed by atoms with Crippen LogP contribution in [0.25, 0.3) is 11.1 Å². The number of carbonyl (C=O) groups excluding carboxylic acids is 1. The molecule has 0 fully saturated rings. The van der Waals surface area contributed by atoms with Gasteiger partial charge in [0.15, 0.2) is 11.5 Å². The monoisotopic (exact) mass is 485 g/mol. The van der Waals surface area contributed by atoms with Gasteiger partial charge in [-0.15, -0.1) is 0 Å². The molecule has 1 amide bonds. The molecule has 4 rings (SSSR count). The van der Waals surface area contributed by atoms with Crippen LogP contribution in [0.1, 0.15) is 42.0 Å². The zero-order valence-corrected chi connectivity index (χ0v) is 20.1. The van der Waals surface area contributed by atoms with Crippen molar-refractivity contribution in [3.8, 4) is 34.8 Å². The van der Waals surface area contributed by atoms with Crippen LogP contribution in [0.4, 0.5) is 5.82 Å². The van der Waals surface area contributed by atoms with E-state index in [1.807, 2.05) is 36.4 Å². The first-order chi connectivity index (χ1) is 16.9. The minimum absolute atomic E-state index is 0.0257. The molecule has 0 saturated heterocycles. The SMILES string of the molecule is CC(C)c1ccc(-c2c(C#N)c(N)nc(SCC(=O)NCc3ccc4c(c3)OCO4)c2C#N)cc1. The summed E-state index contributed by atoms with van der Waals surface area (Å²) in [6.07, 6.45) is 0. The Morgan fingerprint density at radius 3 is 2.51 bits per heavy atom. The molecule has 8 nitrogen and oxygen atoms in total. The van der Waals surface area contributed by atoms with Crippen LogP contribution in [0, 0.1) is 22.7 Å². The highest BCUT2D eigenvalue weighted by atomic mass is 32.2. The standard InChI is InChI=1S/C26H23N5O3S/c1-15(2)17-4-6-18(7-5-17)24-19(10-27)25(29)31-26(20(24)11-28)35-13-23(32)30-12-16-3-8-21-22(9-16)34-14-33-21/h3-9,15H,12-14H2,1-2H3,(H2,29,31)(H,30,32). The highest BCUT2D eigenvalue weighted by Crippen LogP contribution is 2.36. The predicted molar refractivity (Wildman–Crippen MR) is 133 cm³/mol. The molecule has 3 aromatic rings. The van der Waals surface area contributed by atoms with E-state index < -0.39 is 0 Å². The molecule has 0 unspecified atom stereocenters. The van der Waals surface area contributed by atoms with Gasteiger partial charge in [-0.1, -0.05) is 55.9 Å². The number of nitrogens with one attached hydrogen (secondary N) is 1. The summed E-state index contributed by atoms with van der Waals surface area (Å²) in [4.78, 5) is 16.8. The maximum atomic E-state index is 12.5. The minimum atomic E-state index is -0.232. The van der Waals surface area contributed by atoms with E-state index in [2.05, 4.69) is 36.3 Å². The summed E-state index contributed by atoms with van der Waals surface area (Å²) in [6.45, 7) is 4.69. The van der Waals surface area contributed by atoms with Gasteiger partial charge >= 0.3 is 0 Å². The zero-order valence-electron chi connectivity index (χ0n) is 19.3. The number of aromatic nitrogens is 1. The lowest BCUT2D eigenvalue weighted by molar-refractivity contribution is -0.118. The molecule has 2 heterocycles. The van der Waals surface area contributed by atoms with E-state index in [-0.39, 0.29) is 35.4 Å². The minimum Gasteiger partial charge on any atom is -0.454 e. The van der Waals surface area contributed by atoms with Gasteiger partial charge in [0.05, 0.1) is 11.3 Å². The smallest absolute Gasteiger partial charge is 0.231 e. The fraction of sp³-hybridized carbons (Fsp3) is 0.231. The van der Waals surface area contributed by atoms with Crippen molar-refractivity contribution in [2.24, 2.45) is 0 Å². The van der Waals surface area contributed by atoms with Gasteiger partial charge in [0.1, 0.15) is 28.5 Å². The Labute approximate surface area is 207 Å². The van der Waals surface area contributed by atoms with Crippen molar-refractivity contribution < 1.29 is 14.3 Å². The van der Waals surface area contributed by atoms with Crippen molar-refractivity contribution in [1.29, 1.82) is 10.5 Å². The number of hydrogen-bond donors (Lipinski definition) is 2. The molecule has 0 atom stereocenters. The maximum Gasteiger partial charge on any atom is 0.231 e. The molecule has 2 aromatic carbocycles. The Kier molecular flexibility index (Phi) is 7.09. The summed E-state index contributed by atoms with van der Waals surface area (Å²) in [6, 6.07) is 17.4. The van der Waals surface area contributed by atoms with Crippen molar-refractivity contribution in [3.63, 3.8) is 0 Å². The molecule has 0 radical (unpaired) electrons. The predicted octanol–water partition coefficient (Wildman–Crippen LogP) is 4.33. The van der Waals surface area contributed by atoms with Crippen LogP contribution in [0.2, 0.25) is 0 Å². The number of amides is 1. The quantitative estimate of drug-likeness (QED) is 0.472. The molecular weight excluding hydrogens is 462 g/mol. The molecule has 1 aromatic heterocycles. The number of fused-ring (bicyclic) bond motifs is 1. The fourth-order valence-corrected chi connectivity index (χ4v) is 4.49. The molecule has 0 aliphatic carbocycles. The second-order valence-electron chi connectivity index (χ2n) is 8.18. The lowest BCUT2D eigenvalue weighted by Crippen LogP contribution is -2.24. The van der Waals surface area contributed by atoms with Crippen LogP contribution >= 0.6 is 11.8 Å². The van der Waals surface area contributed by atoms with E-state index in [1.165, 1.54) is 0 Å². The number of rotatable bonds is 7. The summed E-state index contributed by atoms with van der Waals surface area (Å²) in [7, 11) is 0. The van der Waals surface area contributed by atoms with Gasteiger partial charge < -0.3 is 20.5 Å². The largest absolute Gasteiger partial charge is 0.454 e. The zero-order chi connectivity index (χ0) is 24.9. The number of nitrogens with two attached hydrogens (primary N) is 1. The molecule has 35 heavy (non-hydrogen) atoms. The Morgan fingerprint density at radius 1 is 1.11 bits per heavy atom.